The Morgan fingerprint density at radius 1 is 1.15 bits per heavy atom. The van der Waals surface area contributed by atoms with Crippen LogP contribution < -0.4 is 9.04 Å². The summed E-state index contributed by atoms with van der Waals surface area (Å²) in [6.45, 7) is 2.06. The number of nitrogens with zero attached hydrogens (tertiary/aromatic N) is 1. The van der Waals surface area contributed by atoms with Crippen molar-refractivity contribution < 1.29 is 21.9 Å². The summed E-state index contributed by atoms with van der Waals surface area (Å²) in [6.07, 6.45) is 2.06. The fourth-order valence-electron chi connectivity index (χ4n) is 2.47. The average Bonchev–Trinajstić information content (AvgIpc) is 3.41. The maximum absolute atomic E-state index is 13.8. The zero-order valence-corrected chi connectivity index (χ0v) is 16.5. The van der Waals surface area contributed by atoms with Gasteiger partial charge in [-0.1, -0.05) is 0 Å². The molecule has 0 unspecified atom stereocenters. The van der Waals surface area contributed by atoms with E-state index in [0.29, 0.717) is 28.4 Å². The largest absolute Gasteiger partial charge is 0.453 e. The monoisotopic (exact) mass is 445 g/mol. The maximum Gasteiger partial charge on any atom is 0.234 e. The molecular formula is C18H18BrF2NO3S. The molecule has 0 saturated heterocycles. The molecule has 0 amide bonds. The highest BCUT2D eigenvalue weighted by Gasteiger charge is 2.30. The maximum atomic E-state index is 13.8. The van der Waals surface area contributed by atoms with E-state index in [4.69, 9.17) is 4.74 Å². The molecule has 0 radical (unpaired) electrons. The Balaban J connectivity index is 1.87. The zero-order chi connectivity index (χ0) is 18.9. The van der Waals surface area contributed by atoms with E-state index in [2.05, 4.69) is 15.9 Å². The number of rotatable bonds is 7. The molecule has 0 heterocycles. The quantitative estimate of drug-likeness (QED) is 0.596. The van der Waals surface area contributed by atoms with E-state index in [1.165, 1.54) is 10.4 Å². The van der Waals surface area contributed by atoms with Crippen LogP contribution >= 0.6 is 15.9 Å². The molecule has 8 heteroatoms. The zero-order valence-electron chi connectivity index (χ0n) is 14.1. The Kier molecular flexibility index (Phi) is 5.53. The summed E-state index contributed by atoms with van der Waals surface area (Å²) in [5.41, 5.74) is 0.526. The second-order valence-corrected chi connectivity index (χ2v) is 9.20. The summed E-state index contributed by atoms with van der Waals surface area (Å²) >= 11 is 3.34. The van der Waals surface area contributed by atoms with E-state index in [-0.39, 0.29) is 11.5 Å². The van der Waals surface area contributed by atoms with Crippen LogP contribution in [-0.2, 0) is 10.0 Å². The fraction of sp³-hybridized carbons (Fsp3) is 0.333. The van der Waals surface area contributed by atoms with Crippen molar-refractivity contribution in [2.24, 2.45) is 5.92 Å². The summed E-state index contributed by atoms with van der Waals surface area (Å²) in [7, 11) is -3.40. The van der Waals surface area contributed by atoms with Crippen LogP contribution in [0.5, 0.6) is 11.5 Å². The Morgan fingerprint density at radius 2 is 1.85 bits per heavy atom. The topological polar surface area (TPSA) is 46.6 Å². The van der Waals surface area contributed by atoms with Crippen LogP contribution in [0, 0.1) is 17.6 Å². The Morgan fingerprint density at radius 3 is 2.42 bits per heavy atom. The summed E-state index contributed by atoms with van der Waals surface area (Å²) in [5.74, 6) is -0.916. The SMILES string of the molecule is CCS(=O)(=O)N(CC1CC1)c1ccc(Oc2ccc(F)cc2F)c(Br)c1. The van der Waals surface area contributed by atoms with Crippen LogP contribution in [0.15, 0.2) is 40.9 Å². The first-order valence-corrected chi connectivity index (χ1v) is 10.6. The molecule has 3 rings (SSSR count). The fourth-order valence-corrected chi connectivity index (χ4v) is 4.11. The average molecular weight is 446 g/mol. The van der Waals surface area contributed by atoms with Crippen LogP contribution in [0.25, 0.3) is 0 Å². The van der Waals surface area contributed by atoms with Gasteiger partial charge in [0.2, 0.25) is 10.0 Å². The lowest BCUT2D eigenvalue weighted by atomic mass is 10.2. The molecular weight excluding hydrogens is 428 g/mol. The van der Waals surface area contributed by atoms with Crippen molar-refractivity contribution in [3.05, 3.63) is 52.5 Å². The standard InChI is InChI=1S/C18H18BrF2NO3S/c1-2-26(23,24)22(11-12-3-4-12)14-6-8-17(15(19)10-14)25-18-7-5-13(20)9-16(18)21/h5-10,12H,2-4,11H2,1H3. The number of ether oxygens (including phenoxy) is 1. The third-order valence-electron chi connectivity index (χ3n) is 4.14. The van der Waals surface area contributed by atoms with E-state index in [1.807, 2.05) is 0 Å². The van der Waals surface area contributed by atoms with Gasteiger partial charge in [-0.3, -0.25) is 4.31 Å². The number of anilines is 1. The van der Waals surface area contributed by atoms with Crippen LogP contribution in [0.2, 0.25) is 0 Å². The first kappa shape index (κ1) is 19.1. The van der Waals surface area contributed by atoms with Gasteiger partial charge in [0.1, 0.15) is 11.6 Å². The Labute approximate surface area is 160 Å². The highest BCUT2D eigenvalue weighted by atomic mass is 79.9. The van der Waals surface area contributed by atoms with Crippen molar-refractivity contribution in [3.8, 4) is 11.5 Å². The molecule has 1 aliphatic rings. The summed E-state index contributed by atoms with van der Waals surface area (Å²) < 4.78 is 59.0. The third-order valence-corrected chi connectivity index (χ3v) is 6.52. The molecule has 0 N–H and O–H groups in total. The molecule has 0 bridgehead atoms. The summed E-state index contributed by atoms with van der Waals surface area (Å²) in [4.78, 5) is 0. The van der Waals surface area contributed by atoms with Crippen LogP contribution in [-0.4, -0.2) is 20.7 Å². The van der Waals surface area contributed by atoms with Crippen molar-refractivity contribution in [2.45, 2.75) is 19.8 Å². The van der Waals surface area contributed by atoms with Crippen molar-refractivity contribution in [2.75, 3.05) is 16.6 Å². The van der Waals surface area contributed by atoms with Gasteiger partial charge in [-0.05, 0) is 71.9 Å². The molecule has 0 aromatic heterocycles. The van der Waals surface area contributed by atoms with E-state index in [0.717, 1.165) is 25.0 Å². The van der Waals surface area contributed by atoms with Gasteiger partial charge in [0.25, 0.3) is 0 Å². The molecule has 1 saturated carbocycles. The van der Waals surface area contributed by atoms with E-state index in [1.54, 1.807) is 25.1 Å². The number of halogens is 3. The third kappa shape index (κ3) is 4.35. The van der Waals surface area contributed by atoms with Gasteiger partial charge in [-0.2, -0.15) is 0 Å². The van der Waals surface area contributed by atoms with Crippen molar-refractivity contribution in [3.63, 3.8) is 0 Å². The molecule has 0 spiro atoms. The Bertz CT molecular complexity index is 917. The summed E-state index contributed by atoms with van der Waals surface area (Å²) in [6, 6.07) is 7.86. The van der Waals surface area contributed by atoms with Crippen LogP contribution in [0.1, 0.15) is 19.8 Å². The first-order valence-electron chi connectivity index (χ1n) is 8.23. The van der Waals surface area contributed by atoms with E-state index < -0.39 is 21.7 Å². The lowest BCUT2D eigenvalue weighted by molar-refractivity contribution is 0.435. The Hall–Kier alpha value is -1.67. The van der Waals surface area contributed by atoms with Gasteiger partial charge in [0.15, 0.2) is 11.6 Å². The van der Waals surface area contributed by atoms with Crippen molar-refractivity contribution >= 4 is 31.6 Å². The number of hydrogen-bond donors (Lipinski definition) is 0. The molecule has 2 aromatic rings. The van der Waals surface area contributed by atoms with Gasteiger partial charge >= 0.3 is 0 Å². The van der Waals surface area contributed by atoms with E-state index in [9.17, 15) is 17.2 Å². The van der Waals surface area contributed by atoms with Gasteiger partial charge in [-0.25, -0.2) is 17.2 Å². The molecule has 1 fully saturated rings. The second-order valence-electron chi connectivity index (χ2n) is 6.17. The molecule has 0 atom stereocenters. The van der Waals surface area contributed by atoms with Crippen LogP contribution in [0.4, 0.5) is 14.5 Å². The second kappa shape index (κ2) is 7.52. The molecule has 26 heavy (non-hydrogen) atoms. The predicted molar refractivity (Wildman–Crippen MR) is 100 cm³/mol. The summed E-state index contributed by atoms with van der Waals surface area (Å²) in [5, 5.41) is 0. The van der Waals surface area contributed by atoms with Crippen LogP contribution in [0.3, 0.4) is 0 Å². The molecule has 140 valence electrons. The minimum Gasteiger partial charge on any atom is -0.453 e. The number of hydrogen-bond acceptors (Lipinski definition) is 3. The van der Waals surface area contributed by atoms with Gasteiger partial charge in [0.05, 0.1) is 15.9 Å². The first-order chi connectivity index (χ1) is 12.3. The van der Waals surface area contributed by atoms with Crippen molar-refractivity contribution in [1.82, 2.24) is 0 Å². The molecule has 0 aliphatic heterocycles. The smallest absolute Gasteiger partial charge is 0.234 e. The van der Waals surface area contributed by atoms with Gasteiger partial charge in [-0.15, -0.1) is 0 Å². The van der Waals surface area contributed by atoms with Gasteiger partial charge in [0, 0.05) is 12.6 Å². The lowest BCUT2D eigenvalue weighted by Crippen LogP contribution is -2.34. The minimum atomic E-state index is -3.40. The van der Waals surface area contributed by atoms with Gasteiger partial charge < -0.3 is 4.74 Å². The lowest BCUT2D eigenvalue weighted by Gasteiger charge is -2.24. The molecule has 2 aromatic carbocycles. The van der Waals surface area contributed by atoms with Crippen molar-refractivity contribution in [1.29, 1.82) is 0 Å². The minimum absolute atomic E-state index is 0.0103. The molecule has 4 nitrogen and oxygen atoms in total. The number of sulfonamides is 1. The highest BCUT2D eigenvalue weighted by molar-refractivity contribution is 9.10. The number of benzene rings is 2. The predicted octanol–water partition coefficient (Wildman–Crippen LogP) is 5.09. The van der Waals surface area contributed by atoms with E-state index >= 15 is 0 Å². The normalized spacial score (nSPS) is 14.3. The highest BCUT2D eigenvalue weighted by Crippen LogP contribution is 2.37. The molecule has 1 aliphatic carbocycles.